The molecule has 4 heteroatoms. The Bertz CT molecular complexity index is 350. The molecule has 0 bridgehead atoms. The van der Waals surface area contributed by atoms with E-state index in [-0.39, 0.29) is 28.1 Å². The Hall–Kier alpha value is -0.527. The molecule has 0 aliphatic carbocycles. The van der Waals surface area contributed by atoms with Gasteiger partial charge in [0.25, 0.3) is 0 Å². The van der Waals surface area contributed by atoms with Gasteiger partial charge in [0.2, 0.25) is 0 Å². The summed E-state index contributed by atoms with van der Waals surface area (Å²) in [6.45, 7) is 1.61. The zero-order valence-corrected chi connectivity index (χ0v) is 10.1. The third kappa shape index (κ3) is 3.69. The van der Waals surface area contributed by atoms with Gasteiger partial charge in [-0.05, 0) is 0 Å². The Labute approximate surface area is 94.4 Å². The van der Waals surface area contributed by atoms with Crippen molar-refractivity contribution in [1.82, 2.24) is 0 Å². The third-order valence-corrected chi connectivity index (χ3v) is 2.69. The molecule has 0 aliphatic rings. The summed E-state index contributed by atoms with van der Waals surface area (Å²) in [5, 5.41) is 0. The van der Waals surface area contributed by atoms with Gasteiger partial charge in [-0.1, -0.05) is 0 Å². The Morgan fingerprint density at radius 3 is 2.93 bits per heavy atom. The van der Waals surface area contributed by atoms with Crippen molar-refractivity contribution in [2.45, 2.75) is 6.92 Å². The molecule has 0 unspecified atom stereocenters. The molecule has 0 atom stereocenters. The van der Waals surface area contributed by atoms with Crippen LogP contribution in [0.2, 0.25) is 0 Å². The first-order valence-corrected chi connectivity index (χ1v) is 7.25. The van der Waals surface area contributed by atoms with Gasteiger partial charge in [0.05, 0.1) is 0 Å². The summed E-state index contributed by atoms with van der Waals surface area (Å²) in [6.07, 6.45) is 0. The minimum absolute atomic E-state index is 0.0126. The van der Waals surface area contributed by atoms with Crippen LogP contribution in [-0.4, -0.2) is 17.0 Å². The van der Waals surface area contributed by atoms with Crippen molar-refractivity contribution in [3.8, 4) is 5.75 Å². The molecule has 0 aromatic heterocycles. The van der Waals surface area contributed by atoms with Gasteiger partial charge in [0.1, 0.15) is 0 Å². The molecular weight excluding hydrogens is 289 g/mol. The predicted molar refractivity (Wildman–Crippen MR) is 53.6 cm³/mol. The second-order valence-electron chi connectivity index (χ2n) is 2.71. The summed E-state index contributed by atoms with van der Waals surface area (Å²) in [5.41, 5.74) is 0.960. The summed E-state index contributed by atoms with van der Waals surface area (Å²) >= 11 is -0.276. The molecule has 0 saturated carbocycles. The van der Waals surface area contributed by atoms with Crippen LogP contribution in [0.1, 0.15) is 12.5 Å². The van der Waals surface area contributed by atoms with E-state index in [0.717, 1.165) is 11.3 Å². The summed E-state index contributed by atoms with van der Waals surface area (Å²) in [6, 6.07) is 7.55. The topological polar surface area (TPSA) is 26.3 Å². The first kappa shape index (κ1) is 11.5. The average molecular weight is 299 g/mol. The van der Waals surface area contributed by atoms with Gasteiger partial charge < -0.3 is 0 Å². The predicted octanol–water partition coefficient (Wildman–Crippen LogP) is 2.04. The van der Waals surface area contributed by atoms with Crippen molar-refractivity contribution in [2.75, 3.05) is 6.61 Å². The third-order valence-electron chi connectivity index (χ3n) is 1.50. The SMILES string of the molecule is CC(=O)COc1ccccc1[CH]=[Ru][Cl]. The molecule has 0 spiro atoms. The minimum atomic E-state index is -0.276. The first-order valence-electron chi connectivity index (χ1n) is 4.00. The average Bonchev–Trinajstić information content (AvgIpc) is 2.17. The number of para-hydroxylation sites is 1. The Morgan fingerprint density at radius 1 is 1.57 bits per heavy atom. The number of benzene rings is 1. The fraction of sp³-hybridized carbons (Fsp3) is 0.200. The van der Waals surface area contributed by atoms with E-state index in [1.165, 1.54) is 6.92 Å². The fourth-order valence-electron chi connectivity index (χ4n) is 0.917. The van der Waals surface area contributed by atoms with Crippen molar-refractivity contribution in [3.05, 3.63) is 29.8 Å². The van der Waals surface area contributed by atoms with Crippen LogP contribution < -0.4 is 4.74 Å². The van der Waals surface area contributed by atoms with Crippen LogP contribution in [0, 0.1) is 0 Å². The van der Waals surface area contributed by atoms with E-state index in [9.17, 15) is 4.79 Å². The molecule has 0 saturated heterocycles. The molecule has 2 nitrogen and oxygen atoms in total. The zero-order valence-electron chi connectivity index (χ0n) is 7.64. The summed E-state index contributed by atoms with van der Waals surface area (Å²) in [7, 11) is 5.68. The number of ketones is 1. The number of hydrogen-bond donors (Lipinski definition) is 0. The van der Waals surface area contributed by atoms with Crippen LogP contribution in [0.25, 0.3) is 0 Å². The number of Topliss-reactive ketones (excluding diaryl/α,β-unsaturated/α-hetero) is 1. The van der Waals surface area contributed by atoms with Crippen molar-refractivity contribution in [1.29, 1.82) is 0 Å². The van der Waals surface area contributed by atoms with Gasteiger partial charge in [0.15, 0.2) is 0 Å². The van der Waals surface area contributed by atoms with Gasteiger partial charge in [-0.3, -0.25) is 0 Å². The first-order chi connectivity index (χ1) is 6.74. The van der Waals surface area contributed by atoms with Gasteiger partial charge >= 0.3 is 94.4 Å². The number of carbonyl (C=O) groups excluding carboxylic acids is 1. The van der Waals surface area contributed by atoms with E-state index in [4.69, 9.17) is 14.4 Å². The molecule has 0 amide bonds. The molecule has 1 rings (SSSR count). The summed E-state index contributed by atoms with van der Waals surface area (Å²) in [4.78, 5) is 10.7. The van der Waals surface area contributed by atoms with Gasteiger partial charge in [-0.15, -0.1) is 0 Å². The molecule has 0 heterocycles. The van der Waals surface area contributed by atoms with Crippen molar-refractivity contribution in [2.24, 2.45) is 0 Å². The molecule has 77 valence electrons. The Kier molecular flexibility index (Phi) is 4.99. The van der Waals surface area contributed by atoms with Crippen LogP contribution in [0.5, 0.6) is 5.75 Å². The van der Waals surface area contributed by atoms with Gasteiger partial charge in [-0.2, -0.15) is 0 Å². The fourth-order valence-corrected chi connectivity index (χ4v) is 2.03. The van der Waals surface area contributed by atoms with E-state index >= 15 is 0 Å². The molecule has 1 aromatic carbocycles. The van der Waals surface area contributed by atoms with Crippen LogP contribution in [0.4, 0.5) is 0 Å². The van der Waals surface area contributed by atoms with Crippen LogP contribution >= 0.6 is 9.69 Å². The maximum absolute atomic E-state index is 10.7. The van der Waals surface area contributed by atoms with Crippen molar-refractivity contribution < 1.29 is 25.2 Å². The van der Waals surface area contributed by atoms with Crippen LogP contribution in [0.15, 0.2) is 24.3 Å². The zero-order chi connectivity index (χ0) is 10.4. The van der Waals surface area contributed by atoms with Gasteiger partial charge in [0, 0.05) is 0 Å². The second-order valence-corrected chi connectivity index (χ2v) is 4.50. The number of carbonyl (C=O) groups is 1. The van der Waals surface area contributed by atoms with E-state index in [1.54, 1.807) is 0 Å². The summed E-state index contributed by atoms with van der Waals surface area (Å²) in [5.74, 6) is 0.733. The number of ether oxygens (including phenoxy) is 1. The van der Waals surface area contributed by atoms with Gasteiger partial charge in [-0.25, -0.2) is 0 Å². The number of hydrogen-bond acceptors (Lipinski definition) is 2. The molecule has 0 aliphatic heterocycles. The van der Waals surface area contributed by atoms with Crippen molar-refractivity contribution in [3.63, 3.8) is 0 Å². The normalized spacial score (nSPS) is 11.0. The number of rotatable bonds is 4. The molecule has 14 heavy (non-hydrogen) atoms. The molecular formula is C10H10ClO2Ru. The molecule has 0 N–H and O–H groups in total. The molecule has 0 fully saturated rings. The van der Waals surface area contributed by atoms with E-state index in [1.807, 2.05) is 28.9 Å². The Balaban J connectivity index is 2.79. The monoisotopic (exact) mass is 299 g/mol. The van der Waals surface area contributed by atoms with E-state index < -0.39 is 0 Å². The molecule has 1 aromatic rings. The second kappa shape index (κ2) is 6.05. The quantitative estimate of drug-likeness (QED) is 0.795. The summed E-state index contributed by atoms with van der Waals surface area (Å²) < 4.78 is 7.26. The standard InChI is InChI=1S/C10H10O2.ClH.Ru/c1-8-5-3-4-6-10(8)12-7-9(2)11;;/h1,3-6H,7H2,2H3;1H;/q;;+1/p-1. The van der Waals surface area contributed by atoms with Crippen molar-refractivity contribution >= 4 is 20.1 Å². The van der Waals surface area contributed by atoms with E-state index in [0.29, 0.717) is 0 Å². The van der Waals surface area contributed by atoms with Crippen LogP contribution in [0.3, 0.4) is 0 Å². The van der Waals surface area contributed by atoms with E-state index in [2.05, 4.69) is 0 Å². The number of halogens is 1. The Morgan fingerprint density at radius 2 is 2.29 bits per heavy atom. The molecule has 0 radical (unpaired) electrons. The maximum atomic E-state index is 10.7. The van der Waals surface area contributed by atoms with Crippen LogP contribution in [-0.2, 0) is 20.5 Å².